The molecule has 3 aromatic rings. The third kappa shape index (κ3) is 4.89. The number of aryl methyl sites for hydroxylation is 2. The number of alkyl halides is 3. The Morgan fingerprint density at radius 1 is 0.963 bits per heavy atom. The third-order valence-electron chi connectivity index (χ3n) is 4.85. The maximum atomic E-state index is 12.8. The molecule has 0 bridgehead atoms. The van der Waals surface area contributed by atoms with Gasteiger partial charge in [0.1, 0.15) is 0 Å². The van der Waals surface area contributed by atoms with Gasteiger partial charge in [-0.15, -0.1) is 0 Å². The molecule has 3 rings (SSSR count). The van der Waals surface area contributed by atoms with Crippen LogP contribution in [0.1, 0.15) is 41.6 Å². The smallest absolute Gasteiger partial charge is 0.310 e. The number of hydrogen-bond acceptors (Lipinski definition) is 1. The molecule has 0 heterocycles. The molecule has 1 nitrogen and oxygen atoms in total. The summed E-state index contributed by atoms with van der Waals surface area (Å²) in [7, 11) is 0. The first kappa shape index (κ1) is 19.4. The van der Waals surface area contributed by atoms with E-state index in [1.807, 2.05) is 12.1 Å². The average Bonchev–Trinajstić information content (AvgIpc) is 2.64. The zero-order valence-electron chi connectivity index (χ0n) is 15.6. The van der Waals surface area contributed by atoms with Crippen LogP contribution in [0.25, 0.3) is 10.8 Å². The summed E-state index contributed by atoms with van der Waals surface area (Å²) in [5.41, 5.74) is 2.62. The largest absolute Gasteiger partial charge is 0.416 e. The van der Waals surface area contributed by atoms with E-state index in [1.165, 1.54) is 34.0 Å². The van der Waals surface area contributed by atoms with Crippen molar-refractivity contribution in [2.45, 2.75) is 38.9 Å². The molecule has 0 radical (unpaired) electrons. The summed E-state index contributed by atoms with van der Waals surface area (Å²) in [4.78, 5) is 0. The van der Waals surface area contributed by atoms with Crippen LogP contribution in [0.4, 0.5) is 13.2 Å². The van der Waals surface area contributed by atoms with E-state index in [-0.39, 0.29) is 6.04 Å². The Labute approximate surface area is 158 Å². The van der Waals surface area contributed by atoms with Gasteiger partial charge in [-0.05, 0) is 61.2 Å². The molecule has 3 aromatic carbocycles. The molecular weight excluding hydrogens is 347 g/mol. The van der Waals surface area contributed by atoms with Gasteiger partial charge in [-0.25, -0.2) is 0 Å². The van der Waals surface area contributed by atoms with Gasteiger partial charge in [0.25, 0.3) is 0 Å². The van der Waals surface area contributed by atoms with E-state index in [2.05, 4.69) is 43.4 Å². The molecule has 0 saturated heterocycles. The molecule has 142 valence electrons. The minimum absolute atomic E-state index is 0.177. The molecule has 0 aromatic heterocycles. The molecule has 27 heavy (non-hydrogen) atoms. The van der Waals surface area contributed by atoms with Gasteiger partial charge in [-0.3, -0.25) is 0 Å². The molecule has 0 amide bonds. The first-order valence-corrected chi connectivity index (χ1v) is 9.23. The number of rotatable bonds is 6. The van der Waals surface area contributed by atoms with Crippen molar-refractivity contribution in [3.63, 3.8) is 0 Å². The van der Waals surface area contributed by atoms with E-state index in [0.717, 1.165) is 24.6 Å². The van der Waals surface area contributed by atoms with E-state index < -0.39 is 11.7 Å². The minimum atomic E-state index is -4.28. The lowest BCUT2D eigenvalue weighted by Gasteiger charge is -2.18. The maximum absolute atomic E-state index is 12.8. The second-order valence-corrected chi connectivity index (χ2v) is 7.05. The van der Waals surface area contributed by atoms with Gasteiger partial charge in [0, 0.05) is 6.04 Å². The van der Waals surface area contributed by atoms with Crippen LogP contribution >= 0.6 is 0 Å². The van der Waals surface area contributed by atoms with E-state index >= 15 is 0 Å². The lowest BCUT2D eigenvalue weighted by Crippen LogP contribution is -2.20. The van der Waals surface area contributed by atoms with Gasteiger partial charge in [-0.2, -0.15) is 13.2 Å². The standard InChI is InChI=1S/C23H24F3N/c1-16-13-19-9-3-4-11-21(19)22(14-16)17(2)27-12-6-8-18-7-5-10-20(15-18)23(24,25)26/h3-5,7,9-11,13-15,17,27H,6,8,12H2,1-2H3/t17-/m1/s1. The molecule has 1 atom stereocenters. The normalized spacial score (nSPS) is 13.1. The van der Waals surface area contributed by atoms with Gasteiger partial charge in [0.05, 0.1) is 5.56 Å². The second kappa shape index (κ2) is 8.13. The fraction of sp³-hybridized carbons (Fsp3) is 0.304. The van der Waals surface area contributed by atoms with Gasteiger partial charge in [-0.1, -0.05) is 60.2 Å². The fourth-order valence-corrected chi connectivity index (χ4v) is 3.48. The molecule has 0 aliphatic carbocycles. The lowest BCUT2D eigenvalue weighted by atomic mass is 9.97. The summed E-state index contributed by atoms with van der Waals surface area (Å²) < 4.78 is 38.4. The van der Waals surface area contributed by atoms with Crippen LogP contribution in [0, 0.1) is 6.92 Å². The van der Waals surface area contributed by atoms with Crippen LogP contribution in [0.3, 0.4) is 0 Å². The van der Waals surface area contributed by atoms with Crippen LogP contribution in [0.15, 0.2) is 60.7 Å². The van der Waals surface area contributed by atoms with Gasteiger partial charge >= 0.3 is 6.18 Å². The number of halogens is 3. The molecule has 0 aliphatic heterocycles. The third-order valence-corrected chi connectivity index (χ3v) is 4.85. The highest BCUT2D eigenvalue weighted by molar-refractivity contribution is 5.86. The van der Waals surface area contributed by atoms with Crippen molar-refractivity contribution >= 4 is 10.8 Å². The zero-order valence-corrected chi connectivity index (χ0v) is 15.6. The van der Waals surface area contributed by atoms with Crippen molar-refractivity contribution < 1.29 is 13.2 Å². The Hall–Kier alpha value is -2.33. The first-order valence-electron chi connectivity index (χ1n) is 9.23. The average molecular weight is 371 g/mol. The molecule has 0 fully saturated rings. The summed E-state index contributed by atoms with van der Waals surface area (Å²) in [5, 5.41) is 5.98. The van der Waals surface area contributed by atoms with Gasteiger partial charge in [0.15, 0.2) is 0 Å². The lowest BCUT2D eigenvalue weighted by molar-refractivity contribution is -0.137. The van der Waals surface area contributed by atoms with E-state index in [4.69, 9.17) is 0 Å². The highest BCUT2D eigenvalue weighted by Crippen LogP contribution is 2.30. The van der Waals surface area contributed by atoms with Crippen molar-refractivity contribution in [3.8, 4) is 0 Å². The SMILES string of the molecule is Cc1cc([C@@H](C)NCCCc2cccc(C(F)(F)F)c2)c2ccccc2c1. The highest BCUT2D eigenvalue weighted by Gasteiger charge is 2.30. The van der Waals surface area contributed by atoms with Crippen molar-refractivity contribution in [1.29, 1.82) is 0 Å². The molecule has 0 saturated carbocycles. The Balaban J connectivity index is 1.60. The van der Waals surface area contributed by atoms with Crippen LogP contribution in [-0.2, 0) is 12.6 Å². The van der Waals surface area contributed by atoms with E-state index in [0.29, 0.717) is 6.42 Å². The Morgan fingerprint density at radius 2 is 1.74 bits per heavy atom. The van der Waals surface area contributed by atoms with E-state index in [9.17, 15) is 13.2 Å². The van der Waals surface area contributed by atoms with Gasteiger partial charge in [0.2, 0.25) is 0 Å². The molecule has 1 N–H and O–H groups in total. The summed E-state index contributed by atoms with van der Waals surface area (Å²) in [6, 6.07) is 18.5. The predicted octanol–water partition coefficient (Wildman–Crippen LogP) is 6.45. The first-order chi connectivity index (χ1) is 12.8. The predicted molar refractivity (Wildman–Crippen MR) is 105 cm³/mol. The fourth-order valence-electron chi connectivity index (χ4n) is 3.48. The molecular formula is C23H24F3N. The maximum Gasteiger partial charge on any atom is 0.416 e. The summed E-state index contributed by atoms with van der Waals surface area (Å²) >= 11 is 0. The summed E-state index contributed by atoms with van der Waals surface area (Å²) in [6.07, 6.45) is -2.87. The Bertz CT molecular complexity index is 915. The molecule has 0 spiro atoms. The van der Waals surface area contributed by atoms with Crippen molar-refractivity contribution in [1.82, 2.24) is 5.32 Å². The number of hydrogen-bond donors (Lipinski definition) is 1. The zero-order chi connectivity index (χ0) is 19.4. The second-order valence-electron chi connectivity index (χ2n) is 7.05. The van der Waals surface area contributed by atoms with E-state index in [1.54, 1.807) is 6.07 Å². The van der Waals surface area contributed by atoms with Crippen LogP contribution in [0.2, 0.25) is 0 Å². The monoisotopic (exact) mass is 371 g/mol. The summed E-state index contributed by atoms with van der Waals surface area (Å²) in [6.45, 7) is 4.97. The van der Waals surface area contributed by atoms with Crippen molar-refractivity contribution in [3.05, 3.63) is 82.9 Å². The molecule has 4 heteroatoms. The van der Waals surface area contributed by atoms with Crippen molar-refractivity contribution in [2.75, 3.05) is 6.54 Å². The molecule has 0 unspecified atom stereocenters. The van der Waals surface area contributed by atoms with Gasteiger partial charge < -0.3 is 5.32 Å². The summed E-state index contributed by atoms with van der Waals surface area (Å²) in [5.74, 6) is 0. The Morgan fingerprint density at radius 3 is 2.52 bits per heavy atom. The minimum Gasteiger partial charge on any atom is -0.310 e. The quantitative estimate of drug-likeness (QED) is 0.491. The molecule has 0 aliphatic rings. The number of fused-ring (bicyclic) bond motifs is 1. The Kier molecular flexibility index (Phi) is 5.85. The van der Waals surface area contributed by atoms with Crippen LogP contribution in [0.5, 0.6) is 0 Å². The van der Waals surface area contributed by atoms with Crippen molar-refractivity contribution in [2.24, 2.45) is 0 Å². The van der Waals surface area contributed by atoms with Crippen LogP contribution < -0.4 is 5.32 Å². The number of benzene rings is 3. The number of nitrogens with one attached hydrogen (secondary N) is 1. The topological polar surface area (TPSA) is 12.0 Å². The highest BCUT2D eigenvalue weighted by atomic mass is 19.4. The van der Waals surface area contributed by atoms with Crippen LogP contribution in [-0.4, -0.2) is 6.54 Å².